The smallest absolute Gasteiger partial charge is 0.414 e. The number of amides is 1. The molecule has 2 N–H and O–H groups in total. The third kappa shape index (κ3) is 7.34. The fourth-order valence-electron chi connectivity index (χ4n) is 3.02. The summed E-state index contributed by atoms with van der Waals surface area (Å²) in [6.07, 6.45) is 0. The Morgan fingerprint density at radius 1 is 1.03 bits per heavy atom. The van der Waals surface area contributed by atoms with E-state index in [1.54, 1.807) is 24.1 Å². The molecule has 0 radical (unpaired) electrons. The summed E-state index contributed by atoms with van der Waals surface area (Å²) in [6.45, 7) is 3.58. The molecule has 0 unspecified atom stereocenters. The average Bonchev–Trinajstić information content (AvgIpc) is 2.74. The van der Waals surface area contributed by atoms with E-state index < -0.39 is 11.9 Å². The molecule has 1 heterocycles. The van der Waals surface area contributed by atoms with Crippen LogP contribution in [0.4, 0.5) is 4.39 Å². The summed E-state index contributed by atoms with van der Waals surface area (Å²) in [5.74, 6) is -3.28. The lowest BCUT2D eigenvalue weighted by Crippen LogP contribution is -2.48. The quantitative estimate of drug-likeness (QED) is 0.626. The van der Waals surface area contributed by atoms with E-state index in [0.717, 1.165) is 35.4 Å². The molecule has 0 bridgehead atoms. The molecular formula is C21H22BrFN2O6. The number of carboxylic acids is 2. The first-order valence-electron chi connectivity index (χ1n) is 9.27. The van der Waals surface area contributed by atoms with Crippen LogP contribution in [0.1, 0.15) is 15.9 Å². The molecule has 1 aliphatic rings. The van der Waals surface area contributed by atoms with Crippen LogP contribution >= 0.6 is 15.9 Å². The molecule has 0 spiro atoms. The zero-order valence-electron chi connectivity index (χ0n) is 16.8. The van der Waals surface area contributed by atoms with Crippen LogP contribution in [0, 0.1) is 5.82 Å². The van der Waals surface area contributed by atoms with Crippen molar-refractivity contribution in [3.8, 4) is 5.75 Å². The average molecular weight is 497 g/mol. The molecule has 0 saturated carbocycles. The predicted molar refractivity (Wildman–Crippen MR) is 114 cm³/mol. The van der Waals surface area contributed by atoms with Gasteiger partial charge in [0.25, 0.3) is 5.91 Å². The molecule has 3 rings (SSSR count). The van der Waals surface area contributed by atoms with E-state index in [-0.39, 0.29) is 11.7 Å². The first-order valence-corrected chi connectivity index (χ1v) is 10.1. The van der Waals surface area contributed by atoms with Crippen molar-refractivity contribution in [1.82, 2.24) is 9.80 Å². The number of carboxylic acid groups (broad SMARTS) is 2. The highest BCUT2D eigenvalue weighted by molar-refractivity contribution is 9.10. The van der Waals surface area contributed by atoms with Gasteiger partial charge in [-0.05, 0) is 36.4 Å². The Kier molecular flexibility index (Phi) is 8.95. The van der Waals surface area contributed by atoms with E-state index in [0.29, 0.717) is 18.7 Å². The predicted octanol–water partition coefficient (Wildman–Crippen LogP) is 2.71. The molecule has 31 heavy (non-hydrogen) atoms. The minimum Gasteiger partial charge on any atom is -0.496 e. The summed E-state index contributed by atoms with van der Waals surface area (Å²) in [5, 5.41) is 14.8. The lowest BCUT2D eigenvalue weighted by Gasteiger charge is -2.35. The summed E-state index contributed by atoms with van der Waals surface area (Å²) in [6, 6.07) is 11.8. The van der Waals surface area contributed by atoms with Gasteiger partial charge in [-0.1, -0.05) is 22.0 Å². The summed E-state index contributed by atoms with van der Waals surface area (Å²) >= 11 is 3.49. The Bertz CT molecular complexity index is 935. The Hall–Kier alpha value is -2.98. The molecule has 166 valence electrons. The summed E-state index contributed by atoms with van der Waals surface area (Å²) in [5.41, 5.74) is 1.52. The largest absolute Gasteiger partial charge is 0.496 e. The molecule has 2 aromatic rings. The van der Waals surface area contributed by atoms with Crippen LogP contribution in [0.3, 0.4) is 0 Å². The molecule has 1 saturated heterocycles. The van der Waals surface area contributed by atoms with Gasteiger partial charge in [-0.25, -0.2) is 14.0 Å². The van der Waals surface area contributed by atoms with Gasteiger partial charge in [-0.2, -0.15) is 0 Å². The van der Waals surface area contributed by atoms with Gasteiger partial charge in [0, 0.05) is 48.3 Å². The van der Waals surface area contributed by atoms with Gasteiger partial charge in [0.05, 0.1) is 7.11 Å². The van der Waals surface area contributed by atoms with Crippen molar-refractivity contribution in [2.75, 3.05) is 33.3 Å². The fourth-order valence-corrected chi connectivity index (χ4v) is 3.43. The number of benzene rings is 2. The van der Waals surface area contributed by atoms with Crippen molar-refractivity contribution >= 4 is 33.8 Å². The van der Waals surface area contributed by atoms with Crippen LogP contribution in [-0.2, 0) is 16.1 Å². The van der Waals surface area contributed by atoms with E-state index in [1.165, 1.54) is 12.1 Å². The second-order valence-electron chi connectivity index (χ2n) is 6.65. The van der Waals surface area contributed by atoms with Gasteiger partial charge in [0.15, 0.2) is 0 Å². The second kappa shape index (κ2) is 11.4. The first kappa shape index (κ1) is 24.3. The van der Waals surface area contributed by atoms with Crippen molar-refractivity contribution in [3.63, 3.8) is 0 Å². The zero-order chi connectivity index (χ0) is 23.0. The van der Waals surface area contributed by atoms with Gasteiger partial charge in [-0.15, -0.1) is 0 Å². The van der Waals surface area contributed by atoms with Crippen molar-refractivity contribution in [1.29, 1.82) is 0 Å². The maximum absolute atomic E-state index is 13.3. The number of hydrogen-bond acceptors (Lipinski definition) is 5. The highest BCUT2D eigenvalue weighted by Gasteiger charge is 2.23. The molecule has 1 aliphatic heterocycles. The highest BCUT2D eigenvalue weighted by Crippen LogP contribution is 2.25. The van der Waals surface area contributed by atoms with Crippen LogP contribution in [0.2, 0.25) is 0 Å². The van der Waals surface area contributed by atoms with E-state index in [1.807, 2.05) is 12.1 Å². The van der Waals surface area contributed by atoms with Gasteiger partial charge < -0.3 is 19.8 Å². The third-order valence-electron chi connectivity index (χ3n) is 4.55. The van der Waals surface area contributed by atoms with Crippen LogP contribution in [0.15, 0.2) is 46.9 Å². The molecule has 1 amide bonds. The summed E-state index contributed by atoms with van der Waals surface area (Å²) in [4.78, 5) is 34.7. The fraction of sp³-hybridized carbons (Fsp3) is 0.286. The second-order valence-corrected chi connectivity index (χ2v) is 7.56. The highest BCUT2D eigenvalue weighted by atomic mass is 79.9. The molecule has 2 aromatic carbocycles. The van der Waals surface area contributed by atoms with Gasteiger partial charge in [-0.3, -0.25) is 9.69 Å². The summed E-state index contributed by atoms with van der Waals surface area (Å²) < 4.78 is 19.7. The molecule has 0 aromatic heterocycles. The number of rotatable bonds is 4. The topological polar surface area (TPSA) is 107 Å². The number of methoxy groups -OCH3 is 1. The van der Waals surface area contributed by atoms with Gasteiger partial charge in [0.1, 0.15) is 11.6 Å². The Labute approximate surface area is 187 Å². The van der Waals surface area contributed by atoms with E-state index in [2.05, 4.69) is 26.9 Å². The number of hydrogen-bond donors (Lipinski definition) is 2. The van der Waals surface area contributed by atoms with E-state index in [9.17, 15) is 9.18 Å². The Balaban J connectivity index is 0.000000501. The molecular weight excluding hydrogens is 475 g/mol. The zero-order valence-corrected chi connectivity index (χ0v) is 18.3. The first-order chi connectivity index (χ1) is 14.7. The van der Waals surface area contributed by atoms with Crippen molar-refractivity contribution < 1.29 is 33.7 Å². The normalized spacial score (nSPS) is 13.7. The molecule has 10 heteroatoms. The number of piperazine rings is 1. The lowest BCUT2D eigenvalue weighted by molar-refractivity contribution is -0.159. The SMILES string of the molecule is COc1ccc(Br)cc1CN1CCN(C(=O)c2cccc(F)c2)CC1.O=C(O)C(=O)O. The summed E-state index contributed by atoms with van der Waals surface area (Å²) in [7, 11) is 1.67. The number of nitrogens with zero attached hydrogens (tertiary/aromatic N) is 2. The Morgan fingerprint density at radius 2 is 1.68 bits per heavy atom. The number of carbonyl (C=O) groups excluding carboxylic acids is 1. The maximum Gasteiger partial charge on any atom is 0.414 e. The van der Waals surface area contributed by atoms with E-state index >= 15 is 0 Å². The minimum atomic E-state index is -1.82. The number of aliphatic carboxylic acids is 2. The van der Waals surface area contributed by atoms with Crippen LogP contribution in [0.25, 0.3) is 0 Å². The molecule has 1 fully saturated rings. The molecule has 0 aliphatic carbocycles. The van der Waals surface area contributed by atoms with Crippen LogP contribution < -0.4 is 4.74 Å². The Morgan fingerprint density at radius 3 is 2.23 bits per heavy atom. The number of carbonyl (C=O) groups is 3. The monoisotopic (exact) mass is 496 g/mol. The van der Waals surface area contributed by atoms with Crippen molar-refractivity contribution in [2.24, 2.45) is 0 Å². The van der Waals surface area contributed by atoms with E-state index in [4.69, 9.17) is 24.5 Å². The minimum absolute atomic E-state index is 0.112. The third-order valence-corrected chi connectivity index (χ3v) is 5.04. The standard InChI is InChI=1S/C19H20BrFN2O2.C2H2O4/c1-25-18-6-5-16(20)11-15(18)13-22-7-9-23(10-8-22)19(24)14-3-2-4-17(21)12-14;3-1(4)2(5)6/h2-6,11-12H,7-10,13H2,1H3;(H,3,4)(H,5,6). The van der Waals surface area contributed by atoms with Crippen molar-refractivity contribution in [2.45, 2.75) is 6.54 Å². The molecule has 8 nitrogen and oxygen atoms in total. The van der Waals surface area contributed by atoms with Gasteiger partial charge >= 0.3 is 11.9 Å². The van der Waals surface area contributed by atoms with Crippen LogP contribution in [-0.4, -0.2) is 71.1 Å². The molecule has 0 atom stereocenters. The van der Waals surface area contributed by atoms with Crippen LogP contribution in [0.5, 0.6) is 5.75 Å². The number of halogens is 2. The van der Waals surface area contributed by atoms with Gasteiger partial charge in [0.2, 0.25) is 0 Å². The number of ether oxygens (including phenoxy) is 1. The van der Waals surface area contributed by atoms with Crippen molar-refractivity contribution in [3.05, 3.63) is 63.9 Å². The lowest BCUT2D eigenvalue weighted by atomic mass is 10.1. The maximum atomic E-state index is 13.3.